The lowest BCUT2D eigenvalue weighted by molar-refractivity contribution is -0.132. The molecule has 4 aromatic rings. The summed E-state index contributed by atoms with van der Waals surface area (Å²) < 4.78 is 19.3. The average Bonchev–Trinajstić information content (AvgIpc) is 3.49. The first-order valence-electron chi connectivity index (χ1n) is 16.4. The van der Waals surface area contributed by atoms with Crippen molar-refractivity contribution in [1.82, 2.24) is 20.1 Å². The van der Waals surface area contributed by atoms with Crippen LogP contribution in [-0.4, -0.2) is 91.5 Å². The van der Waals surface area contributed by atoms with Crippen LogP contribution in [-0.2, 0) is 27.2 Å². The number of likely N-dealkylation sites (tertiary alicyclic amines) is 1. The van der Waals surface area contributed by atoms with Crippen LogP contribution in [0.3, 0.4) is 0 Å². The Morgan fingerprint density at radius 1 is 1.06 bits per heavy atom. The number of hydrogen-bond donors (Lipinski definition) is 2. The van der Waals surface area contributed by atoms with Gasteiger partial charge >= 0.3 is 0 Å². The summed E-state index contributed by atoms with van der Waals surface area (Å²) in [7, 11) is 4.04. The van der Waals surface area contributed by atoms with Gasteiger partial charge in [0, 0.05) is 66.0 Å². The number of anilines is 1. The molecule has 252 valence electrons. The molecule has 0 aliphatic carbocycles. The van der Waals surface area contributed by atoms with Crippen molar-refractivity contribution in [3.05, 3.63) is 100 Å². The van der Waals surface area contributed by atoms with Crippen molar-refractivity contribution in [3.63, 3.8) is 0 Å². The molecule has 3 aromatic carbocycles. The second-order valence-electron chi connectivity index (χ2n) is 13.0. The van der Waals surface area contributed by atoms with Gasteiger partial charge in [-0.25, -0.2) is 4.39 Å². The van der Waals surface area contributed by atoms with Gasteiger partial charge in [-0.2, -0.15) is 0 Å². The first-order valence-corrected chi connectivity index (χ1v) is 16.8. The average molecular weight is 674 g/mol. The summed E-state index contributed by atoms with van der Waals surface area (Å²) >= 11 is 6.37. The van der Waals surface area contributed by atoms with Crippen LogP contribution in [0.25, 0.3) is 10.9 Å². The largest absolute Gasteiger partial charge is 0.368 e. The van der Waals surface area contributed by atoms with E-state index in [4.69, 9.17) is 16.3 Å². The summed E-state index contributed by atoms with van der Waals surface area (Å²) in [6.45, 7) is 2.06. The molecule has 9 nitrogen and oxygen atoms in total. The van der Waals surface area contributed by atoms with Crippen LogP contribution in [0.4, 0.5) is 10.1 Å². The molecule has 0 radical (unpaired) electrons. The molecule has 0 bridgehead atoms. The second kappa shape index (κ2) is 14.9. The van der Waals surface area contributed by atoms with E-state index >= 15 is 0 Å². The Morgan fingerprint density at radius 2 is 1.81 bits per heavy atom. The van der Waals surface area contributed by atoms with E-state index in [0.717, 1.165) is 40.7 Å². The molecular weight excluding hydrogens is 633 g/mol. The van der Waals surface area contributed by atoms with Crippen molar-refractivity contribution in [2.24, 2.45) is 5.92 Å². The van der Waals surface area contributed by atoms with Crippen LogP contribution in [0.5, 0.6) is 0 Å². The predicted molar refractivity (Wildman–Crippen MR) is 185 cm³/mol. The van der Waals surface area contributed by atoms with Crippen LogP contribution in [0.15, 0.2) is 72.9 Å². The summed E-state index contributed by atoms with van der Waals surface area (Å²) in [5.41, 5.74) is 4.16. The minimum Gasteiger partial charge on any atom is -0.368 e. The van der Waals surface area contributed by atoms with Gasteiger partial charge < -0.3 is 29.7 Å². The number of fused-ring (bicyclic) bond motifs is 2. The Balaban J connectivity index is 1.14. The van der Waals surface area contributed by atoms with Crippen LogP contribution in [0, 0.1) is 11.7 Å². The number of hydrogen-bond acceptors (Lipinski definition) is 5. The highest BCUT2D eigenvalue weighted by atomic mass is 35.5. The Bertz CT molecular complexity index is 1770. The number of para-hydroxylation sites is 1. The van der Waals surface area contributed by atoms with E-state index in [2.05, 4.69) is 15.2 Å². The number of nitrogens with zero attached hydrogens (tertiary/aromatic N) is 3. The topological polar surface area (TPSA) is 98.0 Å². The maximum Gasteiger partial charge on any atom is 0.253 e. The lowest BCUT2D eigenvalue weighted by Gasteiger charge is -2.37. The van der Waals surface area contributed by atoms with Crippen LogP contribution in [0.2, 0.25) is 5.02 Å². The minimum atomic E-state index is -0.836. The third-order valence-corrected chi connectivity index (χ3v) is 9.41. The summed E-state index contributed by atoms with van der Waals surface area (Å²) in [5, 5.41) is 4.63. The molecule has 3 amide bonds. The standard InChI is InChI=1S/C37H41ClFN5O4/c1-42(2)21-24-17-26-18-28(38)9-12-34(26)44(22-24)37(47)33(19-27-20-40-32-6-4-3-5-31(27)32)41-35(45)23-48-30-13-15-43(16-14-30)36(46)25-7-10-29(39)11-8-25/h3-12,18,20,24,30,33,40H,13-17,19,21-23H2,1-2H3,(H,41,45)/t24-,33+/m0/s1. The Morgan fingerprint density at radius 3 is 2.56 bits per heavy atom. The van der Waals surface area contributed by atoms with Gasteiger partial charge in [0.1, 0.15) is 18.5 Å². The minimum absolute atomic E-state index is 0.154. The highest BCUT2D eigenvalue weighted by Gasteiger charge is 2.34. The number of ether oxygens (including phenoxy) is 1. The van der Waals surface area contributed by atoms with Crippen molar-refractivity contribution in [1.29, 1.82) is 0 Å². The van der Waals surface area contributed by atoms with Gasteiger partial charge in [-0.1, -0.05) is 29.8 Å². The Labute approximate surface area is 285 Å². The van der Waals surface area contributed by atoms with Gasteiger partial charge in [0.25, 0.3) is 5.91 Å². The molecule has 3 heterocycles. The number of aromatic amines is 1. The number of piperidine rings is 1. The van der Waals surface area contributed by atoms with Gasteiger partial charge in [0.2, 0.25) is 11.8 Å². The molecule has 48 heavy (non-hydrogen) atoms. The number of nitrogens with one attached hydrogen (secondary N) is 2. The Kier molecular flexibility index (Phi) is 10.4. The summed E-state index contributed by atoms with van der Waals surface area (Å²) in [6, 6.07) is 18.2. The highest BCUT2D eigenvalue weighted by molar-refractivity contribution is 6.30. The smallest absolute Gasteiger partial charge is 0.253 e. The van der Waals surface area contributed by atoms with Crippen LogP contribution in [0.1, 0.15) is 34.3 Å². The fourth-order valence-electron chi connectivity index (χ4n) is 6.90. The molecule has 0 spiro atoms. The van der Waals surface area contributed by atoms with Gasteiger partial charge in [0.15, 0.2) is 0 Å². The third kappa shape index (κ3) is 7.89. The molecule has 11 heteroatoms. The molecule has 2 aliphatic heterocycles. The molecule has 0 saturated carbocycles. The predicted octanol–water partition coefficient (Wildman–Crippen LogP) is 5.08. The van der Waals surface area contributed by atoms with Crippen molar-refractivity contribution in [2.75, 3.05) is 51.8 Å². The molecule has 2 atom stereocenters. The zero-order chi connectivity index (χ0) is 33.8. The number of rotatable bonds is 10. The van der Waals surface area contributed by atoms with Crippen LogP contribution < -0.4 is 10.2 Å². The van der Waals surface area contributed by atoms with Gasteiger partial charge in [-0.3, -0.25) is 14.4 Å². The summed E-state index contributed by atoms with van der Waals surface area (Å²) in [5.74, 6) is -0.909. The number of aromatic nitrogens is 1. The van der Waals surface area contributed by atoms with Gasteiger partial charge in [-0.05, 0) is 98.9 Å². The second-order valence-corrected chi connectivity index (χ2v) is 13.5. The number of benzene rings is 3. The quantitative estimate of drug-likeness (QED) is 0.245. The molecule has 1 saturated heterocycles. The SMILES string of the molecule is CN(C)C[C@@H]1Cc2cc(Cl)ccc2N(C(=O)[C@@H](Cc2c[nH]c3ccccc23)NC(=O)COC2CCN(C(=O)c3ccc(F)cc3)CC2)C1. The van der Waals surface area contributed by atoms with E-state index < -0.39 is 6.04 Å². The van der Waals surface area contributed by atoms with Crippen molar-refractivity contribution >= 4 is 45.9 Å². The number of carbonyl (C=O) groups is 3. The molecule has 2 N–H and O–H groups in total. The van der Waals surface area contributed by atoms with Gasteiger partial charge in [0.05, 0.1) is 6.10 Å². The number of amides is 3. The number of halogens is 2. The lowest BCUT2D eigenvalue weighted by atomic mass is 9.91. The maximum absolute atomic E-state index is 14.5. The molecule has 1 fully saturated rings. The Hall–Kier alpha value is -4.25. The molecule has 1 aromatic heterocycles. The van der Waals surface area contributed by atoms with Gasteiger partial charge in [-0.15, -0.1) is 0 Å². The van der Waals surface area contributed by atoms with E-state index in [1.54, 1.807) is 15.9 Å². The lowest BCUT2D eigenvalue weighted by Crippen LogP contribution is -2.54. The fraction of sp³-hybridized carbons (Fsp3) is 0.378. The van der Waals surface area contributed by atoms with E-state index in [1.807, 2.05) is 56.7 Å². The molecule has 2 aliphatic rings. The number of carbonyl (C=O) groups excluding carboxylic acids is 3. The zero-order valence-corrected chi connectivity index (χ0v) is 28.0. The highest BCUT2D eigenvalue weighted by Crippen LogP contribution is 2.33. The van der Waals surface area contributed by atoms with E-state index in [-0.39, 0.29) is 42.2 Å². The van der Waals surface area contributed by atoms with Crippen molar-refractivity contribution in [3.8, 4) is 0 Å². The molecule has 0 unspecified atom stereocenters. The summed E-state index contributed by atoms with van der Waals surface area (Å²) in [6.07, 6.45) is 3.93. The van der Waals surface area contributed by atoms with Crippen LogP contribution >= 0.6 is 11.6 Å². The first kappa shape index (κ1) is 33.6. The monoisotopic (exact) mass is 673 g/mol. The van der Waals surface area contributed by atoms with Crippen molar-refractivity contribution in [2.45, 2.75) is 37.8 Å². The zero-order valence-electron chi connectivity index (χ0n) is 27.3. The first-order chi connectivity index (χ1) is 23.1. The van der Waals surface area contributed by atoms with E-state index in [1.165, 1.54) is 24.3 Å². The van der Waals surface area contributed by atoms with E-state index in [9.17, 15) is 18.8 Å². The fourth-order valence-corrected chi connectivity index (χ4v) is 7.09. The molecular formula is C37H41ClFN5O4. The van der Waals surface area contributed by atoms with Crippen molar-refractivity contribution < 1.29 is 23.5 Å². The maximum atomic E-state index is 14.5. The normalized spacial score (nSPS) is 17.4. The van der Waals surface area contributed by atoms with E-state index in [0.29, 0.717) is 49.5 Å². The summed E-state index contributed by atoms with van der Waals surface area (Å²) in [4.78, 5) is 49.7. The third-order valence-electron chi connectivity index (χ3n) is 9.17. The molecule has 6 rings (SSSR count). The number of H-pyrrole nitrogens is 1.